The minimum absolute atomic E-state index is 0.138. The molecule has 0 aromatic heterocycles. The number of hydrogen-bond acceptors (Lipinski definition) is 1. The van der Waals surface area contributed by atoms with E-state index in [-0.39, 0.29) is 10.2 Å². The first-order valence-corrected chi connectivity index (χ1v) is 8.90. The largest absolute Gasteiger partial charge is 0.495 e. The molecule has 0 spiro atoms. The second-order valence-corrected chi connectivity index (χ2v) is 7.60. The van der Waals surface area contributed by atoms with E-state index in [9.17, 15) is 0 Å². The van der Waals surface area contributed by atoms with E-state index in [1.807, 2.05) is 12.1 Å². The Balaban J connectivity index is 2.05. The lowest BCUT2D eigenvalue weighted by Crippen LogP contribution is -2.14. The van der Waals surface area contributed by atoms with Crippen molar-refractivity contribution < 1.29 is 4.74 Å². The number of benzene rings is 2. The average Bonchev–Trinajstić information content (AvgIpc) is 3.28. The van der Waals surface area contributed by atoms with Crippen molar-refractivity contribution in [2.45, 2.75) is 23.1 Å². The second-order valence-electron chi connectivity index (χ2n) is 5.39. The molecule has 2 aromatic carbocycles. The van der Waals surface area contributed by atoms with Gasteiger partial charge < -0.3 is 4.74 Å². The first kappa shape index (κ1) is 15.4. The molecule has 1 aliphatic carbocycles. The third-order valence-corrected chi connectivity index (χ3v) is 6.31. The minimum atomic E-state index is 0.138. The Morgan fingerprint density at radius 3 is 2.43 bits per heavy atom. The lowest BCUT2D eigenvalue weighted by molar-refractivity contribution is 0.404. The van der Waals surface area contributed by atoms with Crippen LogP contribution in [-0.4, -0.2) is 7.11 Å². The molecule has 1 saturated carbocycles. The SMILES string of the molecule is COc1c(Br)cc(Cl)cc1C(Br)C1(c2ccccc2)CC1. The normalized spacial score (nSPS) is 17.3. The van der Waals surface area contributed by atoms with E-state index in [1.54, 1.807) is 7.11 Å². The Morgan fingerprint density at radius 1 is 1.19 bits per heavy atom. The van der Waals surface area contributed by atoms with Crippen molar-refractivity contribution in [1.29, 1.82) is 0 Å². The molecule has 1 atom stereocenters. The van der Waals surface area contributed by atoms with E-state index >= 15 is 0 Å². The van der Waals surface area contributed by atoms with E-state index in [1.165, 1.54) is 18.4 Å². The molecule has 0 N–H and O–H groups in total. The first-order valence-electron chi connectivity index (χ1n) is 6.81. The van der Waals surface area contributed by atoms with Crippen molar-refractivity contribution in [3.8, 4) is 5.75 Å². The third kappa shape index (κ3) is 2.76. The summed E-state index contributed by atoms with van der Waals surface area (Å²) in [4.78, 5) is 0.178. The zero-order valence-corrected chi connectivity index (χ0v) is 15.5. The van der Waals surface area contributed by atoms with Gasteiger partial charge in [-0.2, -0.15) is 0 Å². The standard InChI is InChI=1S/C17H15Br2ClO/c1-21-15-13(9-12(20)10-14(15)18)16(19)17(7-8-17)11-5-3-2-4-6-11/h2-6,9-10,16H,7-8H2,1H3. The topological polar surface area (TPSA) is 9.23 Å². The maximum atomic E-state index is 6.23. The number of ether oxygens (including phenoxy) is 1. The summed E-state index contributed by atoms with van der Waals surface area (Å²) in [5, 5.41) is 0.714. The summed E-state index contributed by atoms with van der Waals surface area (Å²) in [7, 11) is 1.69. The fourth-order valence-electron chi connectivity index (χ4n) is 2.87. The first-order chi connectivity index (χ1) is 10.1. The van der Waals surface area contributed by atoms with Crippen molar-refractivity contribution >= 4 is 43.5 Å². The van der Waals surface area contributed by atoms with Crippen LogP contribution in [0.25, 0.3) is 0 Å². The van der Waals surface area contributed by atoms with Gasteiger partial charge in [-0.3, -0.25) is 0 Å². The smallest absolute Gasteiger partial charge is 0.137 e. The van der Waals surface area contributed by atoms with Gasteiger partial charge in [-0.25, -0.2) is 0 Å². The van der Waals surface area contributed by atoms with E-state index in [4.69, 9.17) is 16.3 Å². The van der Waals surface area contributed by atoms with Gasteiger partial charge in [-0.05, 0) is 46.5 Å². The average molecular weight is 431 g/mol. The third-order valence-electron chi connectivity index (χ3n) is 4.14. The molecule has 1 nitrogen and oxygen atoms in total. The summed E-state index contributed by atoms with van der Waals surface area (Å²) < 4.78 is 6.47. The highest BCUT2D eigenvalue weighted by Crippen LogP contribution is 2.61. The van der Waals surface area contributed by atoms with Crippen LogP contribution in [0.2, 0.25) is 5.02 Å². The molecule has 21 heavy (non-hydrogen) atoms. The highest BCUT2D eigenvalue weighted by molar-refractivity contribution is 9.10. The Bertz CT molecular complexity index is 653. The Hall–Kier alpha value is -0.510. The molecule has 1 fully saturated rings. The maximum absolute atomic E-state index is 6.23. The van der Waals surface area contributed by atoms with Gasteiger partial charge in [-0.1, -0.05) is 57.9 Å². The second kappa shape index (κ2) is 5.94. The van der Waals surface area contributed by atoms with Crippen LogP contribution < -0.4 is 4.74 Å². The van der Waals surface area contributed by atoms with E-state index in [0.29, 0.717) is 5.02 Å². The Morgan fingerprint density at radius 2 is 1.86 bits per heavy atom. The quantitative estimate of drug-likeness (QED) is 0.519. The zero-order chi connectivity index (χ0) is 15.0. The van der Waals surface area contributed by atoms with Crippen LogP contribution in [0.4, 0.5) is 0 Å². The molecule has 0 amide bonds. The van der Waals surface area contributed by atoms with Gasteiger partial charge in [0.25, 0.3) is 0 Å². The molecule has 0 bridgehead atoms. The summed E-state index contributed by atoms with van der Waals surface area (Å²) >= 11 is 13.7. The molecule has 3 rings (SSSR count). The van der Waals surface area contributed by atoms with Crippen molar-refractivity contribution in [1.82, 2.24) is 0 Å². The molecule has 1 aliphatic rings. The van der Waals surface area contributed by atoms with Gasteiger partial charge in [0, 0.05) is 16.0 Å². The van der Waals surface area contributed by atoms with E-state index < -0.39 is 0 Å². The van der Waals surface area contributed by atoms with Crippen LogP contribution in [0.5, 0.6) is 5.75 Å². The lowest BCUT2D eigenvalue weighted by Gasteiger charge is -2.25. The summed E-state index contributed by atoms with van der Waals surface area (Å²) in [6.45, 7) is 0. The van der Waals surface area contributed by atoms with E-state index in [2.05, 4.69) is 62.2 Å². The van der Waals surface area contributed by atoms with Crippen LogP contribution >= 0.6 is 43.5 Å². The zero-order valence-electron chi connectivity index (χ0n) is 11.6. The van der Waals surface area contributed by atoms with Gasteiger partial charge >= 0.3 is 0 Å². The van der Waals surface area contributed by atoms with Crippen LogP contribution in [0.3, 0.4) is 0 Å². The molecule has 0 saturated heterocycles. The number of hydrogen-bond donors (Lipinski definition) is 0. The van der Waals surface area contributed by atoms with Crippen LogP contribution in [0.15, 0.2) is 46.9 Å². The monoisotopic (exact) mass is 428 g/mol. The fraction of sp³-hybridized carbons (Fsp3) is 0.294. The summed E-state index contributed by atoms with van der Waals surface area (Å²) in [6, 6.07) is 14.5. The van der Waals surface area contributed by atoms with Crippen molar-refractivity contribution in [3.63, 3.8) is 0 Å². The molecule has 0 aliphatic heterocycles. The fourth-order valence-corrected chi connectivity index (χ4v) is 4.93. The van der Waals surface area contributed by atoms with Gasteiger partial charge in [-0.15, -0.1) is 0 Å². The predicted molar refractivity (Wildman–Crippen MR) is 94.7 cm³/mol. The van der Waals surface area contributed by atoms with Crippen molar-refractivity contribution in [2.24, 2.45) is 0 Å². The number of alkyl halides is 1. The van der Waals surface area contributed by atoms with Gasteiger partial charge in [0.05, 0.1) is 16.4 Å². The molecular weight excluding hydrogens is 415 g/mol. The highest BCUT2D eigenvalue weighted by Gasteiger charge is 2.51. The lowest BCUT2D eigenvalue weighted by atomic mass is 9.88. The molecule has 110 valence electrons. The van der Waals surface area contributed by atoms with Crippen LogP contribution in [-0.2, 0) is 5.41 Å². The van der Waals surface area contributed by atoms with Crippen molar-refractivity contribution in [3.05, 3.63) is 63.1 Å². The van der Waals surface area contributed by atoms with Crippen LogP contribution in [0, 0.1) is 0 Å². The highest BCUT2D eigenvalue weighted by atomic mass is 79.9. The molecule has 4 heteroatoms. The van der Waals surface area contributed by atoms with Gasteiger partial charge in [0.1, 0.15) is 5.75 Å². The molecule has 2 aromatic rings. The number of rotatable bonds is 4. The summed E-state index contributed by atoms with van der Waals surface area (Å²) in [6.07, 6.45) is 2.33. The van der Waals surface area contributed by atoms with Crippen LogP contribution in [0.1, 0.15) is 28.8 Å². The summed E-state index contributed by atoms with van der Waals surface area (Å²) in [5.74, 6) is 0.850. The molecule has 0 radical (unpaired) electrons. The van der Waals surface area contributed by atoms with Crippen molar-refractivity contribution in [2.75, 3.05) is 7.11 Å². The Labute approximate surface area is 146 Å². The maximum Gasteiger partial charge on any atom is 0.137 e. The number of methoxy groups -OCH3 is 1. The molecule has 1 unspecified atom stereocenters. The Kier molecular flexibility index (Phi) is 4.35. The minimum Gasteiger partial charge on any atom is -0.495 e. The molecule has 0 heterocycles. The molecular formula is C17H15Br2ClO. The van der Waals surface area contributed by atoms with Gasteiger partial charge in [0.2, 0.25) is 0 Å². The summed E-state index contributed by atoms with van der Waals surface area (Å²) in [5.41, 5.74) is 2.60. The predicted octanol–water partition coefficient (Wildman–Crippen LogP) is 6.28. The van der Waals surface area contributed by atoms with Gasteiger partial charge in [0.15, 0.2) is 0 Å². The number of halogens is 3. The van der Waals surface area contributed by atoms with E-state index in [0.717, 1.165) is 15.8 Å².